The third-order valence-electron chi connectivity index (χ3n) is 2.40. The maximum atomic E-state index is 10.9. The van der Waals surface area contributed by atoms with Crippen LogP contribution in [0.2, 0.25) is 5.15 Å². The highest BCUT2D eigenvalue weighted by Gasteiger charge is 2.10. The van der Waals surface area contributed by atoms with Gasteiger partial charge in [0, 0.05) is 17.3 Å². The van der Waals surface area contributed by atoms with Gasteiger partial charge in [-0.15, -0.1) is 16.8 Å². The van der Waals surface area contributed by atoms with E-state index in [2.05, 4.69) is 22.1 Å². The normalized spacial score (nSPS) is 10.3. The molecule has 1 aromatic carbocycles. The van der Waals surface area contributed by atoms with Gasteiger partial charge >= 0.3 is 5.97 Å². The lowest BCUT2D eigenvalue weighted by atomic mass is 10.1. The lowest BCUT2D eigenvalue weighted by molar-refractivity contribution is 0.0697. The van der Waals surface area contributed by atoms with Gasteiger partial charge in [-0.25, -0.2) is 4.79 Å². The summed E-state index contributed by atoms with van der Waals surface area (Å²) in [5.41, 5.74) is 0.159. The number of fused-ring (bicyclic) bond motifs is 1. The molecule has 0 saturated carbocycles. The van der Waals surface area contributed by atoms with Gasteiger partial charge in [-0.05, 0) is 18.2 Å². The zero-order valence-corrected chi connectivity index (χ0v) is 10.1. The first-order chi connectivity index (χ1) is 8.63. The predicted octanol–water partition coefficient (Wildman–Crippen LogP) is 2.58. The van der Waals surface area contributed by atoms with Crippen LogP contribution in [0.1, 0.15) is 10.4 Å². The molecule has 92 valence electrons. The number of aromatic carboxylic acids is 1. The number of hydrogen-bond donors (Lipinski definition) is 2. The summed E-state index contributed by atoms with van der Waals surface area (Å²) in [5, 5.41) is 21.1. The number of nitrogens with zero attached hydrogens (tertiary/aromatic N) is 2. The van der Waals surface area contributed by atoms with E-state index in [4.69, 9.17) is 16.7 Å². The van der Waals surface area contributed by atoms with Crippen LogP contribution in [0.4, 0.5) is 5.82 Å². The second-order valence-electron chi connectivity index (χ2n) is 3.57. The van der Waals surface area contributed by atoms with Crippen molar-refractivity contribution in [1.82, 2.24) is 10.2 Å². The Balaban J connectivity index is 2.60. The van der Waals surface area contributed by atoms with Gasteiger partial charge in [-0.2, -0.15) is 0 Å². The third-order valence-corrected chi connectivity index (χ3v) is 2.67. The number of carboxylic acids is 1. The largest absolute Gasteiger partial charge is 0.478 e. The van der Waals surface area contributed by atoms with E-state index in [1.807, 2.05) is 0 Å². The summed E-state index contributed by atoms with van der Waals surface area (Å²) in [4.78, 5) is 10.9. The molecule has 0 amide bonds. The van der Waals surface area contributed by atoms with Crippen molar-refractivity contribution >= 4 is 34.2 Å². The van der Waals surface area contributed by atoms with E-state index in [-0.39, 0.29) is 10.7 Å². The van der Waals surface area contributed by atoms with Crippen LogP contribution in [0.3, 0.4) is 0 Å². The Bertz CT molecular complexity index is 628. The molecule has 5 nitrogen and oxygen atoms in total. The van der Waals surface area contributed by atoms with Gasteiger partial charge < -0.3 is 10.4 Å². The molecule has 0 atom stereocenters. The standard InChI is InChI=1S/C12H10ClN3O2/c1-2-5-14-11-8-4-3-7(12(17)18)6-9(8)10(13)15-16-11/h2-4,6H,1,5H2,(H,14,16)(H,17,18). The Morgan fingerprint density at radius 2 is 2.22 bits per heavy atom. The first-order valence-corrected chi connectivity index (χ1v) is 5.55. The zero-order valence-electron chi connectivity index (χ0n) is 9.35. The lowest BCUT2D eigenvalue weighted by Gasteiger charge is -2.07. The zero-order chi connectivity index (χ0) is 13.1. The number of nitrogens with one attached hydrogen (secondary N) is 1. The number of anilines is 1. The molecule has 0 aliphatic rings. The number of hydrogen-bond acceptors (Lipinski definition) is 4. The van der Waals surface area contributed by atoms with E-state index in [0.717, 1.165) is 5.39 Å². The number of rotatable bonds is 4. The van der Waals surface area contributed by atoms with Crippen molar-refractivity contribution in [2.45, 2.75) is 0 Å². The molecule has 0 aliphatic heterocycles. The van der Waals surface area contributed by atoms with Gasteiger partial charge in [0.25, 0.3) is 0 Å². The molecule has 6 heteroatoms. The highest BCUT2D eigenvalue weighted by molar-refractivity contribution is 6.34. The molecule has 0 saturated heterocycles. The fourth-order valence-corrected chi connectivity index (χ4v) is 1.75. The van der Waals surface area contributed by atoms with Crippen LogP contribution in [-0.2, 0) is 0 Å². The number of carbonyl (C=O) groups is 1. The van der Waals surface area contributed by atoms with E-state index in [9.17, 15) is 4.79 Å². The molecule has 2 rings (SSSR count). The van der Waals surface area contributed by atoms with Gasteiger partial charge in [-0.1, -0.05) is 17.7 Å². The summed E-state index contributed by atoms with van der Waals surface area (Å²) in [6.45, 7) is 4.13. The Kier molecular flexibility index (Phi) is 3.43. The van der Waals surface area contributed by atoms with Gasteiger partial charge in [0.1, 0.15) is 0 Å². The quantitative estimate of drug-likeness (QED) is 0.829. The Labute approximate surface area is 108 Å². The van der Waals surface area contributed by atoms with Crippen molar-refractivity contribution in [3.05, 3.63) is 41.6 Å². The first kappa shape index (κ1) is 12.3. The lowest BCUT2D eigenvalue weighted by Crippen LogP contribution is -2.03. The van der Waals surface area contributed by atoms with Crippen molar-refractivity contribution in [2.24, 2.45) is 0 Å². The second-order valence-corrected chi connectivity index (χ2v) is 3.93. The van der Waals surface area contributed by atoms with Crippen molar-refractivity contribution in [2.75, 3.05) is 11.9 Å². The summed E-state index contributed by atoms with van der Waals surface area (Å²) in [7, 11) is 0. The number of halogens is 1. The van der Waals surface area contributed by atoms with Crippen molar-refractivity contribution < 1.29 is 9.90 Å². The molecule has 0 bridgehead atoms. The van der Waals surface area contributed by atoms with Crippen molar-refractivity contribution in [3.63, 3.8) is 0 Å². The highest BCUT2D eigenvalue weighted by Crippen LogP contribution is 2.26. The molecule has 18 heavy (non-hydrogen) atoms. The molecule has 0 spiro atoms. The molecule has 2 N–H and O–H groups in total. The van der Waals surface area contributed by atoms with Crippen molar-refractivity contribution in [1.29, 1.82) is 0 Å². The predicted molar refractivity (Wildman–Crippen MR) is 70.2 cm³/mol. The first-order valence-electron chi connectivity index (χ1n) is 5.17. The average molecular weight is 264 g/mol. The fourth-order valence-electron chi connectivity index (χ4n) is 1.56. The van der Waals surface area contributed by atoms with E-state index in [1.165, 1.54) is 12.1 Å². The molecule has 0 unspecified atom stereocenters. The molecule has 1 aromatic heterocycles. The van der Waals surface area contributed by atoms with E-state index < -0.39 is 5.97 Å². The summed E-state index contributed by atoms with van der Waals surface area (Å²) in [5.74, 6) is -0.461. The molecule has 0 fully saturated rings. The number of carboxylic acid groups (broad SMARTS) is 1. The maximum absolute atomic E-state index is 10.9. The number of benzene rings is 1. The summed E-state index contributed by atoms with van der Waals surface area (Å²) in [6.07, 6.45) is 1.69. The second kappa shape index (κ2) is 5.01. The Morgan fingerprint density at radius 1 is 1.44 bits per heavy atom. The van der Waals surface area contributed by atoms with Crippen LogP contribution in [-0.4, -0.2) is 27.8 Å². The van der Waals surface area contributed by atoms with Crippen LogP contribution in [0, 0.1) is 0 Å². The SMILES string of the molecule is C=CCNc1nnc(Cl)c2cc(C(=O)O)ccc12. The molecular weight excluding hydrogens is 254 g/mol. The van der Waals surface area contributed by atoms with E-state index in [1.54, 1.807) is 12.1 Å². The minimum absolute atomic E-state index is 0.159. The number of aromatic nitrogens is 2. The summed E-state index contributed by atoms with van der Waals surface area (Å²) in [6, 6.07) is 4.64. The molecule has 0 radical (unpaired) electrons. The smallest absolute Gasteiger partial charge is 0.335 e. The van der Waals surface area contributed by atoms with Crippen LogP contribution < -0.4 is 5.32 Å². The molecule has 2 aromatic rings. The van der Waals surface area contributed by atoms with Crippen molar-refractivity contribution in [3.8, 4) is 0 Å². The van der Waals surface area contributed by atoms with Crippen LogP contribution >= 0.6 is 11.6 Å². The monoisotopic (exact) mass is 263 g/mol. The molecule has 0 aliphatic carbocycles. The fraction of sp³-hybridized carbons (Fsp3) is 0.0833. The van der Waals surface area contributed by atoms with Gasteiger partial charge in [0.05, 0.1) is 5.56 Å². The van der Waals surface area contributed by atoms with Crippen LogP contribution in [0.15, 0.2) is 30.9 Å². The van der Waals surface area contributed by atoms with Crippen LogP contribution in [0.25, 0.3) is 10.8 Å². The minimum Gasteiger partial charge on any atom is -0.478 e. The topological polar surface area (TPSA) is 75.1 Å². The molecule has 1 heterocycles. The van der Waals surface area contributed by atoms with Gasteiger partial charge in [0.15, 0.2) is 11.0 Å². The van der Waals surface area contributed by atoms with Crippen LogP contribution in [0.5, 0.6) is 0 Å². The Hall–Kier alpha value is -2.14. The third kappa shape index (κ3) is 2.26. The van der Waals surface area contributed by atoms with Gasteiger partial charge in [0.2, 0.25) is 0 Å². The summed E-state index contributed by atoms with van der Waals surface area (Å²) >= 11 is 5.93. The average Bonchev–Trinajstić information content (AvgIpc) is 2.37. The highest BCUT2D eigenvalue weighted by atomic mass is 35.5. The molecular formula is C12H10ClN3O2. The van der Waals surface area contributed by atoms with Gasteiger partial charge in [-0.3, -0.25) is 0 Å². The minimum atomic E-state index is -1.01. The van der Waals surface area contributed by atoms with E-state index in [0.29, 0.717) is 17.7 Å². The Morgan fingerprint density at radius 3 is 2.89 bits per heavy atom. The van der Waals surface area contributed by atoms with E-state index >= 15 is 0 Å². The maximum Gasteiger partial charge on any atom is 0.335 e. The summed E-state index contributed by atoms with van der Waals surface area (Å²) < 4.78 is 0.